The summed E-state index contributed by atoms with van der Waals surface area (Å²) in [6.07, 6.45) is -3.86. The summed E-state index contributed by atoms with van der Waals surface area (Å²) in [4.78, 5) is 10.4. The van der Waals surface area contributed by atoms with Gasteiger partial charge < -0.3 is 10.8 Å². The molecule has 0 spiro atoms. The second-order valence-electron chi connectivity index (χ2n) is 2.82. The lowest BCUT2D eigenvalue weighted by Crippen LogP contribution is -2.45. The molecule has 0 heterocycles. The first-order valence-corrected chi connectivity index (χ1v) is 4.14. The zero-order valence-corrected chi connectivity index (χ0v) is 7.47. The first-order chi connectivity index (χ1) is 6.37. The molecule has 4 nitrogen and oxygen atoms in total. The van der Waals surface area contributed by atoms with E-state index in [4.69, 9.17) is 10.8 Å². The first-order valence-electron chi connectivity index (χ1n) is 4.14. The predicted molar refractivity (Wildman–Crippen MR) is 43.5 cm³/mol. The van der Waals surface area contributed by atoms with Gasteiger partial charge in [0.05, 0.1) is 0 Å². The quantitative estimate of drug-likeness (QED) is 0.449. The Labute approximate surface area is 79.3 Å². The Bertz CT molecular complexity index is 184. The van der Waals surface area contributed by atoms with Crippen molar-refractivity contribution in [1.29, 1.82) is 0 Å². The number of hydrogen-bond donors (Lipinski definition) is 3. The van der Waals surface area contributed by atoms with Crippen LogP contribution in [0.25, 0.3) is 0 Å². The van der Waals surface area contributed by atoms with E-state index in [2.05, 4.69) is 0 Å². The van der Waals surface area contributed by atoms with Crippen molar-refractivity contribution in [2.45, 2.75) is 31.6 Å². The van der Waals surface area contributed by atoms with Crippen LogP contribution in [0.15, 0.2) is 0 Å². The van der Waals surface area contributed by atoms with E-state index in [1.807, 2.05) is 0 Å². The molecule has 7 heteroatoms. The van der Waals surface area contributed by atoms with Gasteiger partial charge in [-0.3, -0.25) is 4.79 Å². The summed E-state index contributed by atoms with van der Waals surface area (Å²) >= 11 is 0. The number of hydrogen-bond acceptors (Lipinski definition) is 3. The standard InChI is InChI=1S/C7H13F3N2O2/c8-7(9,10)12-5(6(13)14)3-1-2-4-11/h5,12H,1-4,11H2,(H,13,14)/t5-/m0/s1. The molecule has 0 amide bonds. The summed E-state index contributed by atoms with van der Waals surface area (Å²) in [5.41, 5.74) is 5.13. The van der Waals surface area contributed by atoms with Crippen LogP contribution in [0.4, 0.5) is 13.2 Å². The highest BCUT2D eigenvalue weighted by molar-refractivity contribution is 5.73. The molecule has 0 aliphatic rings. The second-order valence-corrected chi connectivity index (χ2v) is 2.82. The SMILES string of the molecule is NCCCC[C@H](NC(F)(F)F)C(=O)O. The minimum atomic E-state index is -4.66. The van der Waals surface area contributed by atoms with Crippen molar-refractivity contribution in [3.63, 3.8) is 0 Å². The van der Waals surface area contributed by atoms with E-state index >= 15 is 0 Å². The molecular formula is C7H13F3N2O2. The molecule has 0 bridgehead atoms. The fourth-order valence-corrected chi connectivity index (χ4v) is 0.948. The van der Waals surface area contributed by atoms with Gasteiger partial charge in [0.1, 0.15) is 6.04 Å². The molecule has 0 saturated heterocycles. The number of aliphatic carboxylic acids is 1. The summed E-state index contributed by atoms with van der Waals surface area (Å²) in [6, 6.07) is -1.58. The molecule has 1 atom stereocenters. The van der Waals surface area contributed by atoms with Crippen LogP contribution in [0.2, 0.25) is 0 Å². The molecular weight excluding hydrogens is 201 g/mol. The third kappa shape index (κ3) is 6.67. The average Bonchev–Trinajstić information content (AvgIpc) is 2.00. The molecule has 0 aromatic carbocycles. The Morgan fingerprint density at radius 2 is 2.00 bits per heavy atom. The number of carbonyl (C=O) groups is 1. The summed E-state index contributed by atoms with van der Waals surface area (Å²) in [5, 5.41) is 9.52. The van der Waals surface area contributed by atoms with E-state index in [1.54, 1.807) is 0 Å². The second kappa shape index (κ2) is 5.82. The molecule has 4 N–H and O–H groups in total. The molecule has 0 saturated carbocycles. The third-order valence-corrected chi connectivity index (χ3v) is 1.58. The van der Waals surface area contributed by atoms with Crippen LogP contribution >= 0.6 is 0 Å². The maximum atomic E-state index is 11.8. The monoisotopic (exact) mass is 214 g/mol. The molecule has 0 aliphatic heterocycles. The van der Waals surface area contributed by atoms with Crippen LogP contribution in [-0.2, 0) is 4.79 Å². The Morgan fingerprint density at radius 1 is 1.43 bits per heavy atom. The molecule has 14 heavy (non-hydrogen) atoms. The number of rotatable bonds is 6. The van der Waals surface area contributed by atoms with Gasteiger partial charge in [0.15, 0.2) is 0 Å². The highest BCUT2D eigenvalue weighted by atomic mass is 19.4. The Hall–Kier alpha value is -0.820. The van der Waals surface area contributed by atoms with Gasteiger partial charge in [-0.1, -0.05) is 6.42 Å². The topological polar surface area (TPSA) is 75.3 Å². The minimum Gasteiger partial charge on any atom is -0.480 e. The smallest absolute Gasteiger partial charge is 0.457 e. The normalized spacial score (nSPS) is 14.0. The fourth-order valence-electron chi connectivity index (χ4n) is 0.948. The van der Waals surface area contributed by atoms with Crippen molar-refractivity contribution < 1.29 is 23.1 Å². The maximum absolute atomic E-state index is 11.8. The summed E-state index contributed by atoms with van der Waals surface area (Å²) in [5.74, 6) is -1.50. The number of halogens is 3. The fraction of sp³-hybridized carbons (Fsp3) is 0.857. The van der Waals surface area contributed by atoms with Gasteiger partial charge in [-0.2, -0.15) is 13.2 Å². The van der Waals surface area contributed by atoms with E-state index in [9.17, 15) is 18.0 Å². The van der Waals surface area contributed by atoms with E-state index in [-0.39, 0.29) is 6.42 Å². The largest absolute Gasteiger partial charge is 0.480 e. The average molecular weight is 214 g/mol. The lowest BCUT2D eigenvalue weighted by atomic mass is 10.1. The third-order valence-electron chi connectivity index (χ3n) is 1.58. The van der Waals surface area contributed by atoms with Crippen molar-refractivity contribution in [1.82, 2.24) is 5.32 Å². The molecule has 0 aromatic heterocycles. The van der Waals surface area contributed by atoms with Crippen molar-refractivity contribution in [3.05, 3.63) is 0 Å². The van der Waals surface area contributed by atoms with E-state index in [0.717, 1.165) is 5.32 Å². The Balaban J connectivity index is 3.97. The van der Waals surface area contributed by atoms with Crippen LogP contribution in [0.5, 0.6) is 0 Å². The van der Waals surface area contributed by atoms with Gasteiger partial charge in [-0.15, -0.1) is 0 Å². The number of alkyl halides is 3. The summed E-state index contributed by atoms with van der Waals surface area (Å²) in [6.45, 7) is 0.346. The highest BCUT2D eigenvalue weighted by Crippen LogP contribution is 2.13. The van der Waals surface area contributed by atoms with Gasteiger partial charge in [0.25, 0.3) is 0 Å². The zero-order valence-electron chi connectivity index (χ0n) is 7.47. The lowest BCUT2D eigenvalue weighted by Gasteiger charge is -2.16. The molecule has 0 aliphatic carbocycles. The Kier molecular flexibility index (Phi) is 5.47. The van der Waals surface area contributed by atoms with E-state index in [1.165, 1.54) is 0 Å². The van der Waals surface area contributed by atoms with Gasteiger partial charge in [-0.25, -0.2) is 5.32 Å². The Morgan fingerprint density at radius 3 is 2.36 bits per heavy atom. The zero-order chi connectivity index (χ0) is 11.2. The number of nitrogens with one attached hydrogen (secondary N) is 1. The maximum Gasteiger partial charge on any atom is 0.457 e. The summed E-state index contributed by atoms with van der Waals surface area (Å²) in [7, 11) is 0. The number of carboxylic acid groups (broad SMARTS) is 1. The van der Waals surface area contributed by atoms with Crippen molar-refractivity contribution in [3.8, 4) is 0 Å². The molecule has 0 fully saturated rings. The van der Waals surface area contributed by atoms with Gasteiger partial charge >= 0.3 is 12.3 Å². The number of nitrogens with two attached hydrogens (primary N) is 1. The van der Waals surface area contributed by atoms with Crippen molar-refractivity contribution in [2.75, 3.05) is 6.54 Å². The van der Waals surface area contributed by atoms with E-state index in [0.29, 0.717) is 19.4 Å². The molecule has 0 rings (SSSR count). The van der Waals surface area contributed by atoms with Crippen LogP contribution in [0.1, 0.15) is 19.3 Å². The number of carboxylic acids is 1. The number of unbranched alkanes of at least 4 members (excludes halogenated alkanes) is 1. The van der Waals surface area contributed by atoms with Crippen LogP contribution in [-0.4, -0.2) is 30.0 Å². The minimum absolute atomic E-state index is 0.0773. The highest BCUT2D eigenvalue weighted by Gasteiger charge is 2.33. The summed E-state index contributed by atoms with van der Waals surface area (Å²) < 4.78 is 35.3. The first kappa shape index (κ1) is 13.2. The van der Waals surface area contributed by atoms with Gasteiger partial charge in [-0.05, 0) is 19.4 Å². The van der Waals surface area contributed by atoms with Crippen LogP contribution < -0.4 is 11.1 Å². The van der Waals surface area contributed by atoms with Gasteiger partial charge in [0.2, 0.25) is 0 Å². The van der Waals surface area contributed by atoms with Gasteiger partial charge in [0, 0.05) is 0 Å². The van der Waals surface area contributed by atoms with Crippen molar-refractivity contribution in [2.24, 2.45) is 5.73 Å². The molecule has 0 unspecified atom stereocenters. The van der Waals surface area contributed by atoms with E-state index < -0.39 is 18.3 Å². The molecule has 84 valence electrons. The molecule has 0 aromatic rings. The van der Waals surface area contributed by atoms with Crippen LogP contribution in [0, 0.1) is 0 Å². The predicted octanol–water partition coefficient (Wildman–Crippen LogP) is 0.678. The lowest BCUT2D eigenvalue weighted by molar-refractivity contribution is -0.174. The molecule has 0 radical (unpaired) electrons. The van der Waals surface area contributed by atoms with Crippen molar-refractivity contribution >= 4 is 5.97 Å². The van der Waals surface area contributed by atoms with Crippen LogP contribution in [0.3, 0.4) is 0 Å².